The molecule has 0 aliphatic rings. The van der Waals surface area contributed by atoms with Crippen LogP contribution in [-0.2, 0) is 14.8 Å². The average Bonchev–Trinajstić information content (AvgIpc) is 2.59. The molecule has 154 valence electrons. The zero-order valence-electron chi connectivity index (χ0n) is 15.7. The summed E-state index contributed by atoms with van der Waals surface area (Å²) in [6, 6.07) is 6.81. The fraction of sp³-hybridized carbons (Fsp3) is 0.632. The number of hydrogen-bond donors (Lipinski definition) is 2. The van der Waals surface area contributed by atoms with Crippen LogP contribution in [0.4, 0.5) is 0 Å². The third kappa shape index (κ3) is 9.79. The highest BCUT2D eigenvalue weighted by Crippen LogP contribution is 2.28. The molecule has 0 aliphatic heterocycles. The number of aryl methyl sites for hydroxylation is 1. The molecule has 0 aromatic heterocycles. The van der Waals surface area contributed by atoms with Gasteiger partial charge in [0.2, 0.25) is 14.4 Å². The molecule has 0 unspecified atom stereocenters. The summed E-state index contributed by atoms with van der Waals surface area (Å²) in [5.74, 6) is -1.19. The Bertz CT molecular complexity index is 675. The van der Waals surface area contributed by atoms with E-state index < -0.39 is 20.3 Å². The number of unbranched alkanes of at least 4 members (excludes halogenated alkanes) is 7. The molecule has 2 N–H and O–H groups in total. The summed E-state index contributed by atoms with van der Waals surface area (Å²) < 4.78 is 25.2. The van der Waals surface area contributed by atoms with Gasteiger partial charge in [-0.15, -0.1) is 0 Å². The molecule has 0 bridgehead atoms. The highest BCUT2D eigenvalue weighted by Gasteiger charge is 2.32. The van der Waals surface area contributed by atoms with E-state index in [1.807, 2.05) is 6.92 Å². The molecule has 0 saturated heterocycles. The molecule has 1 aromatic carbocycles. The van der Waals surface area contributed by atoms with Crippen molar-refractivity contribution < 1.29 is 18.3 Å². The molecule has 0 atom stereocenters. The van der Waals surface area contributed by atoms with Crippen LogP contribution in [0.1, 0.15) is 63.4 Å². The Hall–Kier alpha value is -0.820. The van der Waals surface area contributed by atoms with Crippen LogP contribution in [0.15, 0.2) is 29.2 Å². The summed E-state index contributed by atoms with van der Waals surface area (Å²) >= 11 is 11.4. The Kier molecular flexibility index (Phi) is 10.7. The van der Waals surface area contributed by atoms with Gasteiger partial charge < -0.3 is 5.11 Å². The van der Waals surface area contributed by atoms with Gasteiger partial charge in [0.15, 0.2) is 0 Å². The van der Waals surface area contributed by atoms with Crippen molar-refractivity contribution in [2.45, 2.75) is 73.9 Å². The summed E-state index contributed by atoms with van der Waals surface area (Å²) in [7, 11) is -3.42. The maximum Gasteiger partial charge on any atom is 0.340 e. The fourth-order valence-electron chi connectivity index (χ4n) is 2.65. The Morgan fingerprint density at radius 3 is 1.96 bits per heavy atom. The second-order valence-corrected chi connectivity index (χ2v) is 10.0. The molecule has 0 heterocycles. The van der Waals surface area contributed by atoms with Crippen LogP contribution in [0.25, 0.3) is 0 Å². The molecule has 1 rings (SSSR count). The Balaban J connectivity index is 2.03. The number of nitrogens with one attached hydrogen (secondary N) is 1. The van der Waals surface area contributed by atoms with Gasteiger partial charge in [-0.2, -0.15) is 0 Å². The van der Waals surface area contributed by atoms with E-state index in [0.717, 1.165) is 50.5 Å². The monoisotopic (exact) mass is 437 g/mol. The highest BCUT2D eigenvalue weighted by molar-refractivity contribution is 7.89. The number of halogens is 2. The zero-order chi connectivity index (χ0) is 20.3. The van der Waals surface area contributed by atoms with E-state index in [1.54, 1.807) is 24.3 Å². The Labute approximate surface area is 172 Å². The van der Waals surface area contributed by atoms with Crippen LogP contribution in [-0.4, -0.2) is 30.4 Å². The second kappa shape index (κ2) is 11.9. The number of alkyl halides is 2. The van der Waals surface area contributed by atoms with Crippen molar-refractivity contribution in [3.8, 4) is 0 Å². The minimum Gasteiger partial charge on any atom is -0.479 e. The lowest BCUT2D eigenvalue weighted by Crippen LogP contribution is -2.25. The molecular weight excluding hydrogens is 409 g/mol. The second-order valence-electron chi connectivity index (χ2n) is 6.80. The first-order chi connectivity index (χ1) is 12.6. The highest BCUT2D eigenvalue weighted by atomic mass is 35.5. The van der Waals surface area contributed by atoms with Crippen LogP contribution in [0.3, 0.4) is 0 Å². The molecule has 0 spiro atoms. The molecule has 0 amide bonds. The van der Waals surface area contributed by atoms with Crippen molar-refractivity contribution in [2.24, 2.45) is 0 Å². The summed E-state index contributed by atoms with van der Waals surface area (Å²) in [5.41, 5.74) is 1.03. The number of carboxylic acids is 1. The standard InChI is InChI=1S/C19H29Cl2NO4S/c1-16-10-12-17(13-11-16)27(25,26)22-15-9-7-5-3-2-4-6-8-14-19(20,21)18(23)24/h10-13,22H,2-9,14-15H2,1H3,(H,23,24). The van der Waals surface area contributed by atoms with Crippen molar-refractivity contribution in [1.82, 2.24) is 4.72 Å². The fourth-order valence-corrected chi connectivity index (χ4v) is 3.99. The Morgan fingerprint density at radius 2 is 1.44 bits per heavy atom. The quantitative estimate of drug-likeness (QED) is 0.315. The molecule has 0 aliphatic carbocycles. The van der Waals surface area contributed by atoms with E-state index in [9.17, 15) is 13.2 Å². The maximum absolute atomic E-state index is 12.1. The van der Waals surface area contributed by atoms with Crippen molar-refractivity contribution in [2.75, 3.05) is 6.54 Å². The lowest BCUT2D eigenvalue weighted by molar-refractivity contribution is -0.138. The van der Waals surface area contributed by atoms with Gasteiger partial charge in [-0.05, 0) is 38.3 Å². The van der Waals surface area contributed by atoms with Gasteiger partial charge in [0.1, 0.15) is 0 Å². The smallest absolute Gasteiger partial charge is 0.340 e. The molecule has 8 heteroatoms. The predicted octanol–water partition coefficient (Wildman–Crippen LogP) is 5.04. The number of aliphatic carboxylic acids is 1. The largest absolute Gasteiger partial charge is 0.479 e. The van der Waals surface area contributed by atoms with E-state index >= 15 is 0 Å². The van der Waals surface area contributed by atoms with Crippen LogP contribution < -0.4 is 4.72 Å². The van der Waals surface area contributed by atoms with E-state index in [-0.39, 0.29) is 6.42 Å². The molecule has 0 radical (unpaired) electrons. The Morgan fingerprint density at radius 1 is 0.963 bits per heavy atom. The SMILES string of the molecule is Cc1ccc(S(=O)(=O)NCCCCCCCCCCC(Cl)(Cl)C(=O)O)cc1. The zero-order valence-corrected chi connectivity index (χ0v) is 18.0. The lowest BCUT2D eigenvalue weighted by Gasteiger charge is -2.13. The topological polar surface area (TPSA) is 83.5 Å². The van der Waals surface area contributed by atoms with Gasteiger partial charge in [0.25, 0.3) is 0 Å². The van der Waals surface area contributed by atoms with Crippen molar-refractivity contribution >= 4 is 39.2 Å². The number of rotatable bonds is 14. The summed E-state index contributed by atoms with van der Waals surface area (Å²) in [6.45, 7) is 2.36. The minimum absolute atomic E-state index is 0.257. The van der Waals surface area contributed by atoms with Gasteiger partial charge >= 0.3 is 5.97 Å². The van der Waals surface area contributed by atoms with Gasteiger partial charge in [-0.1, -0.05) is 79.4 Å². The average molecular weight is 438 g/mol. The molecule has 0 fully saturated rings. The van der Waals surface area contributed by atoms with E-state index in [2.05, 4.69) is 4.72 Å². The summed E-state index contributed by atoms with van der Waals surface area (Å²) in [5, 5.41) is 8.80. The van der Waals surface area contributed by atoms with E-state index in [1.165, 1.54) is 0 Å². The molecule has 1 aromatic rings. The van der Waals surface area contributed by atoms with Gasteiger partial charge in [-0.3, -0.25) is 0 Å². The van der Waals surface area contributed by atoms with E-state index in [0.29, 0.717) is 17.9 Å². The summed E-state index contributed by atoms with van der Waals surface area (Å²) in [6.07, 6.45) is 7.86. The summed E-state index contributed by atoms with van der Waals surface area (Å²) in [4.78, 5) is 11.1. The predicted molar refractivity (Wildman–Crippen MR) is 110 cm³/mol. The number of hydrogen-bond acceptors (Lipinski definition) is 3. The first-order valence-electron chi connectivity index (χ1n) is 9.33. The van der Waals surface area contributed by atoms with Crippen LogP contribution in [0, 0.1) is 6.92 Å². The van der Waals surface area contributed by atoms with E-state index in [4.69, 9.17) is 28.3 Å². The first-order valence-corrected chi connectivity index (χ1v) is 11.6. The molecule has 27 heavy (non-hydrogen) atoms. The van der Waals surface area contributed by atoms with Crippen LogP contribution >= 0.6 is 23.2 Å². The third-order valence-corrected chi connectivity index (χ3v) is 6.53. The lowest BCUT2D eigenvalue weighted by atomic mass is 10.1. The van der Waals surface area contributed by atoms with Crippen molar-refractivity contribution in [1.29, 1.82) is 0 Å². The van der Waals surface area contributed by atoms with Gasteiger partial charge in [-0.25, -0.2) is 17.9 Å². The molecule has 0 saturated carbocycles. The van der Waals surface area contributed by atoms with Crippen LogP contribution in [0.5, 0.6) is 0 Å². The molecular formula is C19H29Cl2NO4S. The van der Waals surface area contributed by atoms with Crippen molar-refractivity contribution in [3.05, 3.63) is 29.8 Å². The van der Waals surface area contributed by atoms with Crippen LogP contribution in [0.2, 0.25) is 0 Å². The number of sulfonamides is 1. The molecule has 5 nitrogen and oxygen atoms in total. The first kappa shape index (κ1) is 24.2. The third-order valence-electron chi connectivity index (χ3n) is 4.35. The normalized spacial score (nSPS) is 12.3. The maximum atomic E-state index is 12.1. The number of carbonyl (C=O) groups is 1. The minimum atomic E-state index is -3.42. The van der Waals surface area contributed by atoms with Crippen molar-refractivity contribution in [3.63, 3.8) is 0 Å². The number of carboxylic acid groups (broad SMARTS) is 1. The van der Waals surface area contributed by atoms with Gasteiger partial charge in [0.05, 0.1) is 4.90 Å². The number of benzene rings is 1. The van der Waals surface area contributed by atoms with Gasteiger partial charge in [0, 0.05) is 6.54 Å².